The lowest BCUT2D eigenvalue weighted by molar-refractivity contribution is 0.157. The summed E-state index contributed by atoms with van der Waals surface area (Å²) in [6.07, 6.45) is 2.97. The maximum atomic E-state index is 5.22. The van der Waals surface area contributed by atoms with Gasteiger partial charge in [0.1, 0.15) is 0 Å². The summed E-state index contributed by atoms with van der Waals surface area (Å²) < 4.78 is 5.22. The summed E-state index contributed by atoms with van der Waals surface area (Å²) in [7, 11) is 3.58. The normalized spacial score (nSPS) is 18.8. The van der Waals surface area contributed by atoms with E-state index in [1.807, 2.05) is 31.4 Å². The first-order valence-electron chi connectivity index (χ1n) is 6.68. The Morgan fingerprint density at radius 3 is 3.05 bits per heavy atom. The molecule has 6 heteroatoms. The number of nitrogens with zero attached hydrogens (tertiary/aromatic N) is 3. The molecular formula is C14H23IN4O. The Balaban J connectivity index is 0.00000200. The minimum absolute atomic E-state index is 0. The fourth-order valence-electron chi connectivity index (χ4n) is 2.40. The van der Waals surface area contributed by atoms with Crippen LogP contribution in [0.25, 0.3) is 0 Å². The monoisotopic (exact) mass is 390 g/mol. The van der Waals surface area contributed by atoms with Crippen LogP contribution in [0.2, 0.25) is 0 Å². The molecule has 5 nitrogen and oxygen atoms in total. The van der Waals surface area contributed by atoms with Gasteiger partial charge in [-0.3, -0.25) is 9.98 Å². The number of guanidine groups is 1. The molecule has 1 fully saturated rings. The molecule has 0 amide bonds. The second-order valence-electron chi connectivity index (χ2n) is 4.78. The molecule has 0 aromatic carbocycles. The average molecular weight is 390 g/mol. The minimum Gasteiger partial charge on any atom is -0.384 e. The highest BCUT2D eigenvalue weighted by Crippen LogP contribution is 2.16. The fourth-order valence-corrected chi connectivity index (χ4v) is 2.40. The van der Waals surface area contributed by atoms with Crippen molar-refractivity contribution in [3.63, 3.8) is 0 Å². The van der Waals surface area contributed by atoms with Crippen LogP contribution in [0.4, 0.5) is 0 Å². The number of likely N-dealkylation sites (tertiary alicyclic amines) is 1. The predicted octanol–water partition coefficient (Wildman–Crippen LogP) is 1.74. The summed E-state index contributed by atoms with van der Waals surface area (Å²) in [4.78, 5) is 10.9. The summed E-state index contributed by atoms with van der Waals surface area (Å²) in [6, 6.07) is 5.93. The molecular weight excluding hydrogens is 367 g/mol. The number of rotatable bonds is 4. The summed E-state index contributed by atoms with van der Waals surface area (Å²) >= 11 is 0. The molecule has 1 aromatic heterocycles. The van der Waals surface area contributed by atoms with Crippen LogP contribution in [-0.4, -0.2) is 49.7 Å². The fraction of sp³-hybridized carbons (Fsp3) is 0.571. The quantitative estimate of drug-likeness (QED) is 0.484. The Morgan fingerprint density at radius 1 is 1.55 bits per heavy atom. The van der Waals surface area contributed by atoms with Crippen molar-refractivity contribution in [2.45, 2.75) is 13.0 Å². The Kier molecular flexibility index (Phi) is 7.83. The van der Waals surface area contributed by atoms with E-state index in [4.69, 9.17) is 4.74 Å². The summed E-state index contributed by atoms with van der Waals surface area (Å²) in [5.74, 6) is 1.56. The van der Waals surface area contributed by atoms with Gasteiger partial charge in [-0.15, -0.1) is 24.0 Å². The summed E-state index contributed by atoms with van der Waals surface area (Å²) in [5, 5.41) is 3.36. The molecule has 112 valence electrons. The lowest BCUT2D eigenvalue weighted by Crippen LogP contribution is -2.40. The van der Waals surface area contributed by atoms with Gasteiger partial charge in [-0.25, -0.2) is 0 Å². The molecule has 0 spiro atoms. The lowest BCUT2D eigenvalue weighted by Gasteiger charge is -2.21. The van der Waals surface area contributed by atoms with Crippen molar-refractivity contribution in [3.05, 3.63) is 30.1 Å². The molecule has 1 aromatic rings. The number of methoxy groups -OCH3 is 1. The van der Waals surface area contributed by atoms with Crippen LogP contribution in [0.5, 0.6) is 0 Å². The van der Waals surface area contributed by atoms with E-state index in [1.165, 1.54) is 0 Å². The average Bonchev–Trinajstić information content (AvgIpc) is 2.90. The zero-order chi connectivity index (χ0) is 13.5. The van der Waals surface area contributed by atoms with Crippen LogP contribution in [0.15, 0.2) is 29.4 Å². The minimum atomic E-state index is 0. The van der Waals surface area contributed by atoms with Gasteiger partial charge in [0, 0.05) is 39.4 Å². The van der Waals surface area contributed by atoms with E-state index in [9.17, 15) is 0 Å². The van der Waals surface area contributed by atoms with Crippen molar-refractivity contribution < 1.29 is 4.74 Å². The maximum absolute atomic E-state index is 5.22. The number of nitrogens with one attached hydrogen (secondary N) is 1. The van der Waals surface area contributed by atoms with E-state index in [0.29, 0.717) is 12.5 Å². The highest BCUT2D eigenvalue weighted by molar-refractivity contribution is 14.0. The van der Waals surface area contributed by atoms with Gasteiger partial charge in [0.15, 0.2) is 5.96 Å². The number of aromatic nitrogens is 1. The van der Waals surface area contributed by atoms with E-state index in [1.54, 1.807) is 7.11 Å². The Morgan fingerprint density at radius 2 is 2.40 bits per heavy atom. The van der Waals surface area contributed by atoms with Crippen LogP contribution in [0.3, 0.4) is 0 Å². The lowest BCUT2D eigenvalue weighted by atomic mass is 10.1. The standard InChI is InChI=1S/C14H22N4O.HI/c1-15-14(17-9-13-5-3-4-7-16-13)18-8-6-12(10-18)11-19-2;/h3-5,7,12H,6,8-11H2,1-2H3,(H,15,17);1H. The number of pyridine rings is 1. The molecule has 1 saturated heterocycles. The first-order valence-corrected chi connectivity index (χ1v) is 6.68. The first kappa shape index (κ1) is 17.2. The Bertz CT molecular complexity index is 413. The molecule has 1 aliphatic rings. The van der Waals surface area contributed by atoms with E-state index >= 15 is 0 Å². The molecule has 1 N–H and O–H groups in total. The number of halogens is 1. The Hall–Kier alpha value is -0.890. The largest absolute Gasteiger partial charge is 0.384 e. The molecule has 0 aliphatic carbocycles. The van der Waals surface area contributed by atoms with Crippen LogP contribution in [0, 0.1) is 5.92 Å². The van der Waals surface area contributed by atoms with Crippen LogP contribution in [0.1, 0.15) is 12.1 Å². The van der Waals surface area contributed by atoms with E-state index in [-0.39, 0.29) is 24.0 Å². The summed E-state index contributed by atoms with van der Waals surface area (Å²) in [5.41, 5.74) is 1.02. The topological polar surface area (TPSA) is 49.8 Å². The highest BCUT2D eigenvalue weighted by atomic mass is 127. The molecule has 2 rings (SSSR count). The van der Waals surface area contributed by atoms with Crippen LogP contribution < -0.4 is 5.32 Å². The maximum Gasteiger partial charge on any atom is 0.193 e. The van der Waals surface area contributed by atoms with E-state index < -0.39 is 0 Å². The molecule has 1 aliphatic heterocycles. The van der Waals surface area contributed by atoms with Crippen molar-refractivity contribution in [1.82, 2.24) is 15.2 Å². The summed E-state index contributed by atoms with van der Waals surface area (Å²) in [6.45, 7) is 3.58. The SMILES string of the molecule is CN=C(NCc1ccccn1)N1CCC(COC)C1.I. The molecule has 2 heterocycles. The van der Waals surface area contributed by atoms with Crippen LogP contribution >= 0.6 is 24.0 Å². The van der Waals surface area contributed by atoms with Gasteiger partial charge in [0.05, 0.1) is 18.8 Å². The third-order valence-corrected chi connectivity index (χ3v) is 3.35. The second-order valence-corrected chi connectivity index (χ2v) is 4.78. The van der Waals surface area contributed by atoms with Gasteiger partial charge in [-0.05, 0) is 18.6 Å². The molecule has 0 radical (unpaired) electrons. The van der Waals surface area contributed by atoms with Gasteiger partial charge in [-0.2, -0.15) is 0 Å². The zero-order valence-electron chi connectivity index (χ0n) is 12.1. The second kappa shape index (κ2) is 9.12. The number of aliphatic imine (C=N–C) groups is 1. The van der Waals surface area contributed by atoms with Gasteiger partial charge in [0.25, 0.3) is 0 Å². The third-order valence-electron chi connectivity index (χ3n) is 3.35. The molecule has 1 unspecified atom stereocenters. The van der Waals surface area contributed by atoms with Gasteiger partial charge in [0.2, 0.25) is 0 Å². The number of ether oxygens (including phenoxy) is 1. The van der Waals surface area contributed by atoms with Gasteiger partial charge in [-0.1, -0.05) is 6.07 Å². The molecule has 1 atom stereocenters. The van der Waals surface area contributed by atoms with Crippen molar-refractivity contribution in [2.24, 2.45) is 10.9 Å². The van der Waals surface area contributed by atoms with Gasteiger partial charge >= 0.3 is 0 Å². The van der Waals surface area contributed by atoms with Crippen molar-refractivity contribution in [2.75, 3.05) is 33.9 Å². The zero-order valence-corrected chi connectivity index (χ0v) is 14.4. The van der Waals surface area contributed by atoms with Crippen molar-refractivity contribution >= 4 is 29.9 Å². The predicted molar refractivity (Wildman–Crippen MR) is 91.4 cm³/mol. The number of hydrogen-bond acceptors (Lipinski definition) is 3. The molecule has 0 saturated carbocycles. The third kappa shape index (κ3) is 4.90. The molecule has 20 heavy (non-hydrogen) atoms. The smallest absolute Gasteiger partial charge is 0.193 e. The van der Waals surface area contributed by atoms with E-state index in [0.717, 1.165) is 37.8 Å². The van der Waals surface area contributed by atoms with Gasteiger partial charge < -0.3 is 15.0 Å². The molecule has 0 bridgehead atoms. The van der Waals surface area contributed by atoms with E-state index in [2.05, 4.69) is 20.2 Å². The Labute approximate surface area is 137 Å². The van der Waals surface area contributed by atoms with Crippen molar-refractivity contribution in [1.29, 1.82) is 0 Å². The van der Waals surface area contributed by atoms with Crippen molar-refractivity contribution in [3.8, 4) is 0 Å². The first-order chi connectivity index (χ1) is 9.33. The number of hydrogen-bond donors (Lipinski definition) is 1. The van der Waals surface area contributed by atoms with Crippen LogP contribution in [-0.2, 0) is 11.3 Å². The highest BCUT2D eigenvalue weighted by Gasteiger charge is 2.24.